The van der Waals surface area contributed by atoms with Gasteiger partial charge in [0, 0.05) is 19.6 Å². The molecule has 1 saturated heterocycles. The molecule has 0 radical (unpaired) electrons. The summed E-state index contributed by atoms with van der Waals surface area (Å²) in [5.74, 6) is 0.115. The van der Waals surface area contributed by atoms with Gasteiger partial charge in [0.05, 0.1) is 6.10 Å². The van der Waals surface area contributed by atoms with Crippen molar-refractivity contribution in [3.8, 4) is 0 Å². The van der Waals surface area contributed by atoms with Gasteiger partial charge in [0.25, 0.3) is 0 Å². The molecule has 106 valence electrons. The zero-order valence-electron chi connectivity index (χ0n) is 11.7. The van der Waals surface area contributed by atoms with E-state index >= 15 is 0 Å². The largest absolute Gasteiger partial charge is 0.369 e. The third-order valence-corrected chi connectivity index (χ3v) is 3.16. The molecule has 0 atom stereocenters. The fourth-order valence-electron chi connectivity index (χ4n) is 2.09. The van der Waals surface area contributed by atoms with Crippen molar-refractivity contribution in [3.63, 3.8) is 0 Å². The van der Waals surface area contributed by atoms with Crippen LogP contribution in [-0.2, 0) is 9.53 Å². The van der Waals surface area contributed by atoms with Crippen LogP contribution in [0.2, 0.25) is 0 Å². The first kappa shape index (κ1) is 15.4. The smallest absolute Gasteiger partial charge is 0.248 e. The van der Waals surface area contributed by atoms with E-state index in [0.717, 1.165) is 52.1 Å². The fourth-order valence-corrected chi connectivity index (χ4v) is 2.09. The SMILES string of the molecule is CC(C)OCC(=O)N1CCCN(CCCN)CC1. The molecule has 1 heterocycles. The molecule has 0 unspecified atom stereocenters. The van der Waals surface area contributed by atoms with Crippen LogP contribution in [0.3, 0.4) is 0 Å². The molecule has 0 spiro atoms. The van der Waals surface area contributed by atoms with Crippen LogP contribution in [0.25, 0.3) is 0 Å². The molecule has 5 heteroatoms. The molecular formula is C13H27N3O2. The van der Waals surface area contributed by atoms with Gasteiger partial charge in [0.2, 0.25) is 5.91 Å². The lowest BCUT2D eigenvalue weighted by atomic mass is 10.3. The van der Waals surface area contributed by atoms with Crippen LogP contribution in [0.5, 0.6) is 0 Å². The molecule has 1 aliphatic heterocycles. The second-order valence-electron chi connectivity index (χ2n) is 5.08. The molecule has 0 saturated carbocycles. The first-order valence-electron chi connectivity index (χ1n) is 6.95. The summed E-state index contributed by atoms with van der Waals surface area (Å²) in [4.78, 5) is 16.3. The second-order valence-corrected chi connectivity index (χ2v) is 5.08. The average Bonchev–Trinajstić information content (AvgIpc) is 2.58. The highest BCUT2D eigenvalue weighted by molar-refractivity contribution is 5.77. The van der Waals surface area contributed by atoms with Crippen LogP contribution >= 0.6 is 0 Å². The van der Waals surface area contributed by atoms with E-state index in [-0.39, 0.29) is 18.6 Å². The van der Waals surface area contributed by atoms with E-state index in [2.05, 4.69) is 4.90 Å². The minimum Gasteiger partial charge on any atom is -0.369 e. The molecule has 1 fully saturated rings. The van der Waals surface area contributed by atoms with Crippen LogP contribution in [0.4, 0.5) is 0 Å². The Morgan fingerprint density at radius 2 is 2.06 bits per heavy atom. The van der Waals surface area contributed by atoms with Gasteiger partial charge in [-0.25, -0.2) is 0 Å². The van der Waals surface area contributed by atoms with E-state index < -0.39 is 0 Å². The van der Waals surface area contributed by atoms with Gasteiger partial charge in [-0.3, -0.25) is 4.79 Å². The number of rotatable bonds is 6. The monoisotopic (exact) mass is 257 g/mol. The summed E-state index contributed by atoms with van der Waals surface area (Å²) in [5.41, 5.74) is 5.52. The van der Waals surface area contributed by atoms with Crippen molar-refractivity contribution in [1.82, 2.24) is 9.80 Å². The summed E-state index contributed by atoms with van der Waals surface area (Å²) < 4.78 is 5.37. The van der Waals surface area contributed by atoms with E-state index in [1.54, 1.807) is 0 Å². The number of carbonyl (C=O) groups excluding carboxylic acids is 1. The highest BCUT2D eigenvalue weighted by atomic mass is 16.5. The summed E-state index contributed by atoms with van der Waals surface area (Å²) in [5, 5.41) is 0. The third-order valence-electron chi connectivity index (χ3n) is 3.16. The molecule has 0 aromatic rings. The molecule has 1 aliphatic rings. The van der Waals surface area contributed by atoms with E-state index in [1.807, 2.05) is 18.7 Å². The lowest BCUT2D eigenvalue weighted by Crippen LogP contribution is -2.38. The number of amides is 1. The minimum atomic E-state index is 0.113. The van der Waals surface area contributed by atoms with Crippen molar-refractivity contribution < 1.29 is 9.53 Å². The molecule has 2 N–H and O–H groups in total. The summed E-state index contributed by atoms with van der Waals surface area (Å²) in [6.45, 7) is 9.56. The van der Waals surface area contributed by atoms with Crippen molar-refractivity contribution in [2.75, 3.05) is 45.9 Å². The quantitative estimate of drug-likeness (QED) is 0.743. The zero-order valence-corrected chi connectivity index (χ0v) is 11.7. The van der Waals surface area contributed by atoms with Gasteiger partial charge < -0.3 is 20.3 Å². The van der Waals surface area contributed by atoms with Gasteiger partial charge in [-0.1, -0.05) is 0 Å². The Bertz CT molecular complexity index is 246. The number of nitrogens with two attached hydrogens (primary N) is 1. The predicted octanol–water partition coefficient (Wildman–Crippen LogP) is 0.295. The molecule has 5 nitrogen and oxygen atoms in total. The summed E-state index contributed by atoms with van der Waals surface area (Å²) in [7, 11) is 0. The molecule has 1 rings (SSSR count). The minimum absolute atomic E-state index is 0.113. The average molecular weight is 257 g/mol. The van der Waals surface area contributed by atoms with Crippen LogP contribution in [0.1, 0.15) is 26.7 Å². The Kier molecular flexibility index (Phi) is 7.23. The molecule has 18 heavy (non-hydrogen) atoms. The maximum absolute atomic E-state index is 11.9. The van der Waals surface area contributed by atoms with E-state index in [4.69, 9.17) is 10.5 Å². The van der Waals surface area contributed by atoms with E-state index in [9.17, 15) is 4.79 Å². The molecule has 0 aromatic carbocycles. The first-order valence-corrected chi connectivity index (χ1v) is 6.95. The molecule has 0 bridgehead atoms. The van der Waals surface area contributed by atoms with E-state index in [0.29, 0.717) is 0 Å². The number of hydrogen-bond acceptors (Lipinski definition) is 4. The zero-order chi connectivity index (χ0) is 13.4. The van der Waals surface area contributed by atoms with Crippen molar-refractivity contribution >= 4 is 5.91 Å². The summed E-state index contributed by atoms with van der Waals surface area (Å²) in [6.07, 6.45) is 2.18. The lowest BCUT2D eigenvalue weighted by Gasteiger charge is -2.22. The highest BCUT2D eigenvalue weighted by Crippen LogP contribution is 2.04. The standard InChI is InChI=1S/C13H27N3O2/c1-12(2)18-11-13(17)16-8-4-7-15(9-10-16)6-3-5-14/h12H,3-11,14H2,1-2H3. The van der Waals surface area contributed by atoms with E-state index in [1.165, 1.54) is 0 Å². The van der Waals surface area contributed by atoms with Crippen LogP contribution < -0.4 is 5.73 Å². The van der Waals surface area contributed by atoms with Gasteiger partial charge in [0.15, 0.2) is 0 Å². The normalized spacial score (nSPS) is 18.1. The number of hydrogen-bond donors (Lipinski definition) is 1. The maximum Gasteiger partial charge on any atom is 0.248 e. The summed E-state index contributed by atoms with van der Waals surface area (Å²) in [6, 6.07) is 0. The van der Waals surface area contributed by atoms with Gasteiger partial charge >= 0.3 is 0 Å². The number of ether oxygens (including phenoxy) is 1. The van der Waals surface area contributed by atoms with Crippen molar-refractivity contribution in [1.29, 1.82) is 0 Å². The molecule has 1 amide bonds. The van der Waals surface area contributed by atoms with Crippen LogP contribution in [0.15, 0.2) is 0 Å². The van der Waals surface area contributed by atoms with Crippen LogP contribution in [-0.4, -0.2) is 67.7 Å². The van der Waals surface area contributed by atoms with Gasteiger partial charge in [-0.15, -0.1) is 0 Å². The van der Waals surface area contributed by atoms with Crippen molar-refractivity contribution in [3.05, 3.63) is 0 Å². The number of nitrogens with zero attached hydrogens (tertiary/aromatic N) is 2. The van der Waals surface area contributed by atoms with Crippen LogP contribution in [0, 0.1) is 0 Å². The highest BCUT2D eigenvalue weighted by Gasteiger charge is 2.18. The fraction of sp³-hybridized carbons (Fsp3) is 0.923. The third kappa shape index (κ3) is 5.80. The lowest BCUT2D eigenvalue weighted by molar-refractivity contribution is -0.137. The molecule has 0 aromatic heterocycles. The Labute approximate surface area is 110 Å². The summed E-state index contributed by atoms with van der Waals surface area (Å²) >= 11 is 0. The second kappa shape index (κ2) is 8.45. The predicted molar refractivity (Wildman–Crippen MR) is 72.4 cm³/mol. The van der Waals surface area contributed by atoms with Gasteiger partial charge in [0.1, 0.15) is 6.61 Å². The Balaban J connectivity index is 2.29. The van der Waals surface area contributed by atoms with Gasteiger partial charge in [-0.05, 0) is 46.3 Å². The van der Waals surface area contributed by atoms with Gasteiger partial charge in [-0.2, -0.15) is 0 Å². The molecular weight excluding hydrogens is 230 g/mol. The number of carbonyl (C=O) groups is 1. The Hall–Kier alpha value is -0.650. The Morgan fingerprint density at radius 1 is 1.28 bits per heavy atom. The topological polar surface area (TPSA) is 58.8 Å². The first-order chi connectivity index (χ1) is 8.63. The maximum atomic E-state index is 11.9. The van der Waals surface area contributed by atoms with Crippen molar-refractivity contribution in [2.45, 2.75) is 32.8 Å². The van der Waals surface area contributed by atoms with Crippen molar-refractivity contribution in [2.24, 2.45) is 5.73 Å². The Morgan fingerprint density at radius 3 is 2.72 bits per heavy atom. The molecule has 0 aliphatic carbocycles.